The van der Waals surface area contributed by atoms with Crippen LogP contribution in [0.15, 0.2) is 30.3 Å². The van der Waals surface area contributed by atoms with Crippen molar-refractivity contribution in [3.05, 3.63) is 30.3 Å². The van der Waals surface area contributed by atoms with E-state index in [9.17, 15) is 8.78 Å². The maximum atomic E-state index is 12.2. The summed E-state index contributed by atoms with van der Waals surface area (Å²) in [5, 5.41) is 8.74. The van der Waals surface area contributed by atoms with Gasteiger partial charge in [-0.05, 0) is 12.1 Å². The van der Waals surface area contributed by atoms with Crippen LogP contribution in [-0.4, -0.2) is 49.3 Å². The van der Waals surface area contributed by atoms with Crippen LogP contribution in [0.1, 0.15) is 0 Å². The van der Waals surface area contributed by atoms with Crippen LogP contribution in [0.25, 0.3) is 0 Å². The summed E-state index contributed by atoms with van der Waals surface area (Å²) in [6.07, 6.45) is -2.39. The fraction of sp³-hybridized carbons (Fsp3) is 0.500. The Bertz CT molecular complexity index is 296. The van der Waals surface area contributed by atoms with Gasteiger partial charge in [0, 0.05) is 13.1 Å². The third-order valence-corrected chi connectivity index (χ3v) is 2.23. The lowest BCUT2D eigenvalue weighted by molar-refractivity contribution is 0.0709. The predicted octanol–water partition coefficient (Wildman–Crippen LogP) is 1.62. The Morgan fingerprint density at radius 1 is 1.18 bits per heavy atom. The third kappa shape index (κ3) is 6.19. The summed E-state index contributed by atoms with van der Waals surface area (Å²) >= 11 is 0. The van der Waals surface area contributed by atoms with Crippen LogP contribution < -0.4 is 4.74 Å². The lowest BCUT2D eigenvalue weighted by Gasteiger charge is -2.20. The minimum absolute atomic E-state index is 0.127. The first-order valence-corrected chi connectivity index (χ1v) is 5.51. The molecule has 0 fully saturated rings. The molecule has 0 spiro atoms. The zero-order valence-electron chi connectivity index (χ0n) is 9.56. The molecule has 96 valence electrons. The lowest BCUT2D eigenvalue weighted by Crippen LogP contribution is -2.35. The molecule has 5 heteroatoms. The van der Waals surface area contributed by atoms with Gasteiger partial charge in [0.1, 0.15) is 12.4 Å². The van der Waals surface area contributed by atoms with Gasteiger partial charge in [0.25, 0.3) is 6.43 Å². The molecule has 0 atom stereocenters. The molecule has 0 radical (unpaired) electrons. The van der Waals surface area contributed by atoms with Gasteiger partial charge in [0.05, 0.1) is 13.2 Å². The fourth-order valence-electron chi connectivity index (χ4n) is 1.44. The van der Waals surface area contributed by atoms with Crippen LogP contribution in [0, 0.1) is 0 Å². The first-order chi connectivity index (χ1) is 8.22. The number of para-hydroxylation sites is 1. The standard InChI is InChI=1S/C12H17F2NO2/c13-12(14)10-15(6-8-16)7-9-17-11-4-2-1-3-5-11/h1-5,12,16H,6-10H2. The highest BCUT2D eigenvalue weighted by Crippen LogP contribution is 2.08. The summed E-state index contributed by atoms with van der Waals surface area (Å²) in [7, 11) is 0. The predicted molar refractivity (Wildman–Crippen MR) is 61.5 cm³/mol. The molecule has 0 aliphatic rings. The monoisotopic (exact) mass is 245 g/mol. The summed E-state index contributed by atoms with van der Waals surface area (Å²) in [5.41, 5.74) is 0. The molecule has 1 aromatic rings. The van der Waals surface area contributed by atoms with Crippen LogP contribution in [0.4, 0.5) is 8.78 Å². The Morgan fingerprint density at radius 2 is 1.88 bits per heavy atom. The number of aliphatic hydroxyl groups is 1. The van der Waals surface area contributed by atoms with Crippen molar-refractivity contribution in [1.82, 2.24) is 4.90 Å². The molecule has 0 aromatic heterocycles. The van der Waals surface area contributed by atoms with E-state index in [1.807, 2.05) is 30.3 Å². The van der Waals surface area contributed by atoms with Crippen molar-refractivity contribution in [3.8, 4) is 5.75 Å². The van der Waals surface area contributed by atoms with Gasteiger partial charge in [0.15, 0.2) is 0 Å². The van der Waals surface area contributed by atoms with Gasteiger partial charge in [-0.15, -0.1) is 0 Å². The minimum atomic E-state index is -2.39. The van der Waals surface area contributed by atoms with Crippen molar-refractivity contribution in [3.63, 3.8) is 0 Å². The summed E-state index contributed by atoms with van der Waals surface area (Å²) in [5.74, 6) is 0.716. The smallest absolute Gasteiger partial charge is 0.251 e. The van der Waals surface area contributed by atoms with Gasteiger partial charge in [-0.3, -0.25) is 4.90 Å². The van der Waals surface area contributed by atoms with E-state index in [4.69, 9.17) is 9.84 Å². The van der Waals surface area contributed by atoms with E-state index in [1.54, 1.807) is 0 Å². The summed E-state index contributed by atoms with van der Waals surface area (Å²) in [6.45, 7) is 0.482. The SMILES string of the molecule is OCCN(CCOc1ccccc1)CC(F)F. The summed E-state index contributed by atoms with van der Waals surface area (Å²) in [6, 6.07) is 9.19. The van der Waals surface area contributed by atoms with Crippen molar-refractivity contribution in [2.75, 3.05) is 32.8 Å². The van der Waals surface area contributed by atoms with E-state index in [1.165, 1.54) is 4.90 Å². The van der Waals surface area contributed by atoms with E-state index in [0.29, 0.717) is 18.9 Å². The number of aliphatic hydroxyl groups excluding tert-OH is 1. The lowest BCUT2D eigenvalue weighted by atomic mass is 10.3. The van der Waals surface area contributed by atoms with Gasteiger partial charge in [-0.2, -0.15) is 0 Å². The highest BCUT2D eigenvalue weighted by atomic mass is 19.3. The number of ether oxygens (including phenoxy) is 1. The van der Waals surface area contributed by atoms with E-state index >= 15 is 0 Å². The van der Waals surface area contributed by atoms with Gasteiger partial charge < -0.3 is 9.84 Å². The molecule has 1 aromatic carbocycles. The van der Waals surface area contributed by atoms with Crippen LogP contribution in [0.2, 0.25) is 0 Å². The second kappa shape index (κ2) is 7.97. The summed E-state index contributed by atoms with van der Waals surface area (Å²) < 4.78 is 29.8. The van der Waals surface area contributed by atoms with E-state index < -0.39 is 6.43 Å². The normalized spacial score (nSPS) is 11.1. The molecule has 0 unspecified atom stereocenters. The molecule has 0 saturated heterocycles. The van der Waals surface area contributed by atoms with Gasteiger partial charge in [-0.1, -0.05) is 18.2 Å². The zero-order valence-corrected chi connectivity index (χ0v) is 9.56. The molecular weight excluding hydrogens is 228 g/mol. The maximum Gasteiger partial charge on any atom is 0.251 e. The van der Waals surface area contributed by atoms with Crippen molar-refractivity contribution < 1.29 is 18.6 Å². The quantitative estimate of drug-likeness (QED) is 0.755. The second-order valence-corrected chi connectivity index (χ2v) is 3.58. The number of hydrogen-bond donors (Lipinski definition) is 1. The number of halogens is 2. The van der Waals surface area contributed by atoms with Crippen molar-refractivity contribution in [2.45, 2.75) is 6.43 Å². The van der Waals surface area contributed by atoms with Crippen molar-refractivity contribution in [1.29, 1.82) is 0 Å². The Morgan fingerprint density at radius 3 is 2.47 bits per heavy atom. The molecular formula is C12H17F2NO2. The minimum Gasteiger partial charge on any atom is -0.492 e. The molecule has 0 bridgehead atoms. The molecule has 1 rings (SSSR count). The Hall–Kier alpha value is -1.20. The Labute approximate surface area is 99.6 Å². The van der Waals surface area contributed by atoms with Gasteiger partial charge in [0.2, 0.25) is 0 Å². The topological polar surface area (TPSA) is 32.7 Å². The number of nitrogens with zero attached hydrogens (tertiary/aromatic N) is 1. The Balaban J connectivity index is 2.26. The Kier molecular flexibility index (Phi) is 6.50. The first-order valence-electron chi connectivity index (χ1n) is 5.51. The van der Waals surface area contributed by atoms with Crippen LogP contribution in [0.3, 0.4) is 0 Å². The molecule has 3 nitrogen and oxygen atoms in total. The number of hydrogen-bond acceptors (Lipinski definition) is 3. The number of alkyl halides is 2. The van der Waals surface area contributed by atoms with Crippen LogP contribution in [-0.2, 0) is 0 Å². The van der Waals surface area contributed by atoms with Gasteiger partial charge in [-0.25, -0.2) is 8.78 Å². The van der Waals surface area contributed by atoms with E-state index in [0.717, 1.165) is 0 Å². The maximum absolute atomic E-state index is 12.2. The molecule has 1 N–H and O–H groups in total. The third-order valence-electron chi connectivity index (χ3n) is 2.23. The van der Waals surface area contributed by atoms with Crippen molar-refractivity contribution in [2.24, 2.45) is 0 Å². The molecule has 0 heterocycles. The average Bonchev–Trinajstić information content (AvgIpc) is 2.30. The highest BCUT2D eigenvalue weighted by Gasteiger charge is 2.11. The second-order valence-electron chi connectivity index (χ2n) is 3.58. The number of rotatable bonds is 8. The van der Waals surface area contributed by atoms with Crippen LogP contribution >= 0.6 is 0 Å². The summed E-state index contributed by atoms with van der Waals surface area (Å²) in [4.78, 5) is 1.48. The highest BCUT2D eigenvalue weighted by molar-refractivity contribution is 5.20. The van der Waals surface area contributed by atoms with Crippen molar-refractivity contribution >= 4 is 0 Å². The molecule has 17 heavy (non-hydrogen) atoms. The first kappa shape index (κ1) is 13.9. The average molecular weight is 245 g/mol. The van der Waals surface area contributed by atoms with E-state index in [-0.39, 0.29) is 19.7 Å². The molecule has 0 amide bonds. The largest absolute Gasteiger partial charge is 0.492 e. The van der Waals surface area contributed by atoms with Gasteiger partial charge >= 0.3 is 0 Å². The molecule has 0 saturated carbocycles. The zero-order chi connectivity index (χ0) is 12.5. The fourth-order valence-corrected chi connectivity index (χ4v) is 1.44. The molecule has 0 aliphatic carbocycles. The number of benzene rings is 1. The van der Waals surface area contributed by atoms with E-state index in [2.05, 4.69) is 0 Å². The van der Waals surface area contributed by atoms with Crippen LogP contribution in [0.5, 0.6) is 5.75 Å². The molecule has 0 aliphatic heterocycles.